The van der Waals surface area contributed by atoms with Gasteiger partial charge in [-0.15, -0.1) is 28.5 Å². The number of halogens is 1. The molecule has 0 aliphatic carbocycles. The van der Waals surface area contributed by atoms with E-state index < -0.39 is 0 Å². The Hall–Kier alpha value is -0.700. The van der Waals surface area contributed by atoms with Crippen LogP contribution in [0.5, 0.6) is 0 Å². The highest BCUT2D eigenvalue weighted by Crippen LogP contribution is 2.17. The molecule has 0 bridgehead atoms. The topological polar surface area (TPSA) is 56.7 Å². The van der Waals surface area contributed by atoms with Crippen LogP contribution >= 0.6 is 24.2 Å². The number of nitrogens with two attached hydrogens (primary N) is 1. The number of rotatable bonds is 5. The third kappa shape index (κ3) is 5.30. The molecule has 0 atom stereocenters. The minimum absolute atomic E-state index is 0. The fourth-order valence-electron chi connectivity index (χ4n) is 1.40. The lowest BCUT2D eigenvalue weighted by Gasteiger charge is -2.10. The Morgan fingerprint density at radius 2 is 2.06 bits per heavy atom. The van der Waals surface area contributed by atoms with Gasteiger partial charge in [-0.25, -0.2) is 0 Å². The Morgan fingerprint density at radius 3 is 2.61 bits per heavy atom. The summed E-state index contributed by atoms with van der Waals surface area (Å²) >= 11 is 1.63. The van der Waals surface area contributed by atoms with Gasteiger partial charge in [-0.2, -0.15) is 0 Å². The molecule has 0 amide bonds. The van der Waals surface area contributed by atoms with Gasteiger partial charge in [0, 0.05) is 13.0 Å². The summed E-state index contributed by atoms with van der Waals surface area (Å²) in [5, 5.41) is 9.19. The SMILES string of the molecule is CCC#CCSc1nnc(CN)n1CC(C)C.Cl. The molecule has 18 heavy (non-hydrogen) atoms. The van der Waals surface area contributed by atoms with Crippen LogP contribution in [-0.4, -0.2) is 20.5 Å². The van der Waals surface area contributed by atoms with Crippen molar-refractivity contribution < 1.29 is 0 Å². The highest BCUT2D eigenvalue weighted by Gasteiger charge is 2.11. The van der Waals surface area contributed by atoms with Crippen LogP contribution in [0.3, 0.4) is 0 Å². The molecule has 0 unspecified atom stereocenters. The van der Waals surface area contributed by atoms with Crippen LogP contribution in [0.15, 0.2) is 5.16 Å². The maximum Gasteiger partial charge on any atom is 0.192 e. The average molecular weight is 289 g/mol. The number of nitrogens with zero attached hydrogens (tertiary/aromatic N) is 3. The van der Waals surface area contributed by atoms with Gasteiger partial charge in [-0.1, -0.05) is 38.5 Å². The van der Waals surface area contributed by atoms with Gasteiger partial charge in [0.05, 0.1) is 12.3 Å². The van der Waals surface area contributed by atoms with E-state index in [9.17, 15) is 0 Å². The van der Waals surface area contributed by atoms with Crippen molar-refractivity contribution in [2.45, 2.75) is 45.4 Å². The summed E-state index contributed by atoms with van der Waals surface area (Å²) in [6.45, 7) is 7.73. The summed E-state index contributed by atoms with van der Waals surface area (Å²) in [5.41, 5.74) is 5.66. The van der Waals surface area contributed by atoms with Crippen molar-refractivity contribution in [3.05, 3.63) is 5.82 Å². The molecule has 2 N–H and O–H groups in total. The number of aromatic nitrogens is 3. The van der Waals surface area contributed by atoms with E-state index >= 15 is 0 Å². The lowest BCUT2D eigenvalue weighted by molar-refractivity contribution is 0.480. The van der Waals surface area contributed by atoms with Crippen LogP contribution in [0.2, 0.25) is 0 Å². The van der Waals surface area contributed by atoms with E-state index in [1.807, 2.05) is 6.92 Å². The molecule has 4 nitrogen and oxygen atoms in total. The quantitative estimate of drug-likeness (QED) is 0.667. The second kappa shape index (κ2) is 9.26. The fourth-order valence-corrected chi connectivity index (χ4v) is 2.14. The first-order valence-electron chi connectivity index (χ1n) is 5.89. The molecule has 1 aromatic heterocycles. The van der Waals surface area contributed by atoms with Crippen molar-refractivity contribution in [2.75, 3.05) is 5.75 Å². The Morgan fingerprint density at radius 1 is 1.33 bits per heavy atom. The minimum Gasteiger partial charge on any atom is -0.324 e. The van der Waals surface area contributed by atoms with Crippen molar-refractivity contribution in [3.8, 4) is 11.8 Å². The molecule has 0 saturated carbocycles. The van der Waals surface area contributed by atoms with Crippen LogP contribution < -0.4 is 5.73 Å². The first-order chi connectivity index (χ1) is 8.19. The first kappa shape index (κ1) is 17.3. The van der Waals surface area contributed by atoms with Crippen LogP contribution in [-0.2, 0) is 13.1 Å². The molecule has 0 aromatic carbocycles. The summed E-state index contributed by atoms with van der Waals surface area (Å²) in [5.74, 6) is 8.30. The number of hydrogen-bond acceptors (Lipinski definition) is 4. The third-order valence-electron chi connectivity index (χ3n) is 2.10. The van der Waals surface area contributed by atoms with Gasteiger partial charge >= 0.3 is 0 Å². The van der Waals surface area contributed by atoms with Crippen LogP contribution in [0.25, 0.3) is 0 Å². The van der Waals surface area contributed by atoms with E-state index in [1.165, 1.54) is 0 Å². The zero-order chi connectivity index (χ0) is 12.7. The highest BCUT2D eigenvalue weighted by atomic mass is 35.5. The maximum atomic E-state index is 5.66. The normalized spacial score (nSPS) is 9.83. The molecule has 0 radical (unpaired) electrons. The molecule has 0 aliphatic heterocycles. The summed E-state index contributed by atoms with van der Waals surface area (Å²) in [7, 11) is 0. The Labute approximate surface area is 120 Å². The molecule has 1 heterocycles. The molecule has 1 rings (SSSR count). The van der Waals surface area contributed by atoms with Gasteiger partial charge in [0.15, 0.2) is 5.16 Å². The minimum atomic E-state index is 0. The maximum absolute atomic E-state index is 5.66. The highest BCUT2D eigenvalue weighted by molar-refractivity contribution is 7.99. The molecule has 0 spiro atoms. The smallest absolute Gasteiger partial charge is 0.192 e. The Bertz CT molecular complexity index is 406. The third-order valence-corrected chi connectivity index (χ3v) is 2.95. The molecule has 6 heteroatoms. The standard InChI is InChI=1S/C12H20N4S.ClH/c1-4-5-6-7-17-12-15-14-11(8-13)16(12)9-10(2)3;/h10H,4,7-9,13H2,1-3H3;1H. The van der Waals surface area contributed by atoms with Crippen molar-refractivity contribution in [3.63, 3.8) is 0 Å². The van der Waals surface area contributed by atoms with Crippen molar-refractivity contribution in [1.82, 2.24) is 14.8 Å². The molecular formula is C12H21ClN4S. The molecule has 1 aromatic rings. The van der Waals surface area contributed by atoms with Crippen molar-refractivity contribution >= 4 is 24.2 Å². The van der Waals surface area contributed by atoms with Crippen molar-refractivity contribution in [2.24, 2.45) is 11.7 Å². The summed E-state index contributed by atoms with van der Waals surface area (Å²) in [4.78, 5) is 0. The van der Waals surface area contributed by atoms with E-state index in [0.717, 1.165) is 29.7 Å². The number of hydrogen-bond donors (Lipinski definition) is 1. The van der Waals surface area contributed by atoms with Gasteiger partial charge in [0.1, 0.15) is 5.82 Å². The van der Waals surface area contributed by atoms with E-state index in [-0.39, 0.29) is 12.4 Å². The van der Waals surface area contributed by atoms with Gasteiger partial charge in [0.25, 0.3) is 0 Å². The Balaban J connectivity index is 0.00000289. The van der Waals surface area contributed by atoms with E-state index in [2.05, 4.69) is 40.5 Å². The van der Waals surface area contributed by atoms with Crippen molar-refractivity contribution in [1.29, 1.82) is 0 Å². The average Bonchev–Trinajstić information content (AvgIpc) is 2.66. The first-order valence-corrected chi connectivity index (χ1v) is 6.88. The second-order valence-corrected chi connectivity index (χ2v) is 5.05. The largest absolute Gasteiger partial charge is 0.324 e. The van der Waals surface area contributed by atoms with E-state index in [4.69, 9.17) is 5.73 Å². The zero-order valence-electron chi connectivity index (χ0n) is 11.1. The predicted molar refractivity (Wildman–Crippen MR) is 78.8 cm³/mol. The summed E-state index contributed by atoms with van der Waals surface area (Å²) < 4.78 is 2.10. The number of thioether (sulfide) groups is 1. The Kier molecular flexibility index (Phi) is 8.90. The lowest BCUT2D eigenvalue weighted by Crippen LogP contribution is -2.12. The van der Waals surface area contributed by atoms with Gasteiger partial charge in [-0.05, 0) is 5.92 Å². The second-order valence-electron chi connectivity index (χ2n) is 4.10. The molecular weight excluding hydrogens is 268 g/mol. The fraction of sp³-hybridized carbons (Fsp3) is 0.667. The van der Waals surface area contributed by atoms with E-state index in [1.54, 1.807) is 11.8 Å². The summed E-state index contributed by atoms with van der Waals surface area (Å²) in [6, 6.07) is 0. The van der Waals surface area contributed by atoms with Crippen LogP contribution in [0.4, 0.5) is 0 Å². The molecule has 102 valence electrons. The van der Waals surface area contributed by atoms with E-state index in [0.29, 0.717) is 12.5 Å². The zero-order valence-corrected chi connectivity index (χ0v) is 12.8. The predicted octanol–water partition coefficient (Wildman–Crippen LogP) is 2.32. The lowest BCUT2D eigenvalue weighted by atomic mass is 10.2. The van der Waals surface area contributed by atoms with Gasteiger partial charge in [0.2, 0.25) is 0 Å². The van der Waals surface area contributed by atoms with Crippen LogP contribution in [0.1, 0.15) is 33.0 Å². The van der Waals surface area contributed by atoms with Crippen LogP contribution in [0, 0.1) is 17.8 Å². The van der Waals surface area contributed by atoms with Gasteiger partial charge in [-0.3, -0.25) is 0 Å². The molecule has 0 saturated heterocycles. The van der Waals surface area contributed by atoms with Gasteiger partial charge < -0.3 is 10.3 Å². The molecule has 0 fully saturated rings. The summed E-state index contributed by atoms with van der Waals surface area (Å²) in [6.07, 6.45) is 0.896. The molecule has 0 aliphatic rings. The monoisotopic (exact) mass is 288 g/mol.